The number of carbonyl (C=O) groups is 2. The minimum absolute atomic E-state index is 0.0421. The van der Waals surface area contributed by atoms with Crippen LogP contribution in [-0.2, 0) is 15.1 Å². The molecule has 9 heteroatoms. The molecule has 1 saturated carbocycles. The van der Waals surface area contributed by atoms with Crippen LogP contribution in [0, 0.1) is 18.8 Å². The first-order chi connectivity index (χ1) is 15.9. The Morgan fingerprint density at radius 3 is 2.52 bits per heavy atom. The van der Waals surface area contributed by atoms with E-state index >= 15 is 0 Å². The molecule has 3 heterocycles. The summed E-state index contributed by atoms with van der Waals surface area (Å²) < 4.78 is 10.2. The van der Waals surface area contributed by atoms with E-state index in [1.807, 2.05) is 0 Å². The zero-order valence-electron chi connectivity index (χ0n) is 19.2. The fraction of sp³-hybridized carbons (Fsp3) is 0.583. The van der Waals surface area contributed by atoms with E-state index in [1.165, 1.54) is 6.26 Å². The van der Waals surface area contributed by atoms with E-state index in [0.717, 1.165) is 25.7 Å². The average molecular weight is 457 g/mol. The van der Waals surface area contributed by atoms with Crippen LogP contribution in [0.1, 0.15) is 67.2 Å². The van der Waals surface area contributed by atoms with Crippen molar-refractivity contribution >= 4 is 17.5 Å². The molecule has 1 atom stereocenters. The summed E-state index contributed by atoms with van der Waals surface area (Å²) in [6.45, 7) is 4.88. The topological polar surface area (TPSA) is 127 Å². The lowest BCUT2D eigenvalue weighted by Crippen LogP contribution is -2.49. The number of pyridine rings is 1. The highest BCUT2D eigenvalue weighted by Crippen LogP contribution is 2.32. The largest absolute Gasteiger partial charge is 0.383 e. The quantitative estimate of drug-likeness (QED) is 0.610. The summed E-state index contributed by atoms with van der Waals surface area (Å²) in [6.07, 6.45) is 7.61. The van der Waals surface area contributed by atoms with Crippen LogP contribution < -0.4 is 10.6 Å². The fourth-order valence-electron chi connectivity index (χ4n) is 4.67. The maximum absolute atomic E-state index is 13.3. The van der Waals surface area contributed by atoms with Gasteiger partial charge >= 0.3 is 0 Å². The summed E-state index contributed by atoms with van der Waals surface area (Å²) in [5.41, 5.74) is 0.886. The van der Waals surface area contributed by atoms with Crippen LogP contribution in [0.3, 0.4) is 0 Å². The van der Waals surface area contributed by atoms with Crippen LogP contribution in [0.2, 0.25) is 0 Å². The van der Waals surface area contributed by atoms with E-state index in [-0.39, 0.29) is 17.7 Å². The lowest BCUT2D eigenvalue weighted by Gasteiger charge is -2.32. The van der Waals surface area contributed by atoms with E-state index in [2.05, 4.69) is 27.7 Å². The fourth-order valence-corrected chi connectivity index (χ4v) is 4.67. The third-order valence-electron chi connectivity index (χ3n) is 6.92. The Kier molecular flexibility index (Phi) is 7.09. The van der Waals surface area contributed by atoms with Crippen LogP contribution >= 0.6 is 0 Å². The van der Waals surface area contributed by atoms with Gasteiger partial charge in [0.25, 0.3) is 5.91 Å². The Balaban J connectivity index is 1.47. The number of nitrogens with zero attached hydrogens (tertiary/aromatic N) is 2. The van der Waals surface area contributed by atoms with Crippen molar-refractivity contribution < 1.29 is 24.0 Å². The van der Waals surface area contributed by atoms with Crippen LogP contribution in [0.5, 0.6) is 0 Å². The molecule has 0 spiro atoms. The summed E-state index contributed by atoms with van der Waals surface area (Å²) in [7, 11) is 0. The maximum atomic E-state index is 13.3. The number of aromatic nitrogens is 2. The van der Waals surface area contributed by atoms with E-state index < -0.39 is 11.6 Å². The SMILES string of the molecule is Cc1nocc1C(=O)N[C@H](C(=O)Nc1ccc(C2(O)CCOCC2)nc1)C1CCC(C)CC1. The number of nitrogens with one attached hydrogen (secondary N) is 2. The Labute approximate surface area is 193 Å². The Morgan fingerprint density at radius 1 is 1.18 bits per heavy atom. The van der Waals surface area contributed by atoms with Crippen molar-refractivity contribution in [3.63, 3.8) is 0 Å². The molecule has 4 rings (SSSR count). The molecule has 2 amide bonds. The molecule has 0 aromatic carbocycles. The summed E-state index contributed by atoms with van der Waals surface area (Å²) in [5.74, 6) is 0.00767. The van der Waals surface area contributed by atoms with Crippen LogP contribution in [-0.4, -0.2) is 46.3 Å². The zero-order valence-corrected chi connectivity index (χ0v) is 19.2. The third kappa shape index (κ3) is 5.42. The van der Waals surface area contributed by atoms with Gasteiger partial charge in [0.05, 0.1) is 23.3 Å². The number of hydrogen-bond acceptors (Lipinski definition) is 7. The summed E-state index contributed by atoms with van der Waals surface area (Å²) in [6, 6.07) is 2.79. The number of aliphatic hydroxyl groups is 1. The van der Waals surface area contributed by atoms with Gasteiger partial charge < -0.3 is 25.0 Å². The van der Waals surface area contributed by atoms with Crippen molar-refractivity contribution in [3.8, 4) is 0 Å². The Morgan fingerprint density at radius 2 is 1.91 bits per heavy atom. The van der Waals surface area contributed by atoms with Gasteiger partial charge in [-0.25, -0.2) is 0 Å². The van der Waals surface area contributed by atoms with Gasteiger partial charge in [0.2, 0.25) is 5.91 Å². The minimum Gasteiger partial charge on any atom is -0.383 e. The second-order valence-electron chi connectivity index (χ2n) is 9.35. The van der Waals surface area contributed by atoms with Crippen molar-refractivity contribution in [1.29, 1.82) is 0 Å². The highest BCUT2D eigenvalue weighted by atomic mass is 16.5. The van der Waals surface area contributed by atoms with Gasteiger partial charge in [-0.15, -0.1) is 0 Å². The number of anilines is 1. The molecule has 1 saturated heterocycles. The molecular formula is C24H32N4O5. The van der Waals surface area contributed by atoms with Crippen LogP contribution in [0.4, 0.5) is 5.69 Å². The number of ether oxygens (including phenoxy) is 1. The number of rotatable bonds is 6. The van der Waals surface area contributed by atoms with E-state index in [1.54, 1.807) is 25.3 Å². The van der Waals surface area contributed by atoms with Crippen molar-refractivity contribution in [2.45, 2.75) is 64.0 Å². The van der Waals surface area contributed by atoms with Crippen molar-refractivity contribution in [2.24, 2.45) is 11.8 Å². The van der Waals surface area contributed by atoms with E-state index in [4.69, 9.17) is 9.26 Å². The standard InChI is InChI=1S/C24H32N4O5/c1-15-3-5-17(6-4-15)21(27-22(29)19-14-33-28-16(19)2)23(30)26-18-7-8-20(25-13-18)24(31)9-11-32-12-10-24/h7-8,13-15,17,21,31H,3-6,9-12H2,1-2H3,(H,26,30)(H,27,29)/t15?,17?,21-/m0/s1. The lowest BCUT2D eigenvalue weighted by atomic mass is 9.79. The predicted molar refractivity (Wildman–Crippen MR) is 120 cm³/mol. The Bertz CT molecular complexity index is 959. The molecule has 9 nitrogen and oxygen atoms in total. The molecule has 1 aliphatic carbocycles. The highest BCUT2D eigenvalue weighted by molar-refractivity contribution is 6.01. The van der Waals surface area contributed by atoms with Gasteiger partial charge in [-0.3, -0.25) is 14.6 Å². The molecule has 2 fully saturated rings. The molecule has 1 aliphatic heterocycles. The highest BCUT2D eigenvalue weighted by Gasteiger charge is 2.35. The van der Waals surface area contributed by atoms with Crippen LogP contribution in [0.15, 0.2) is 29.1 Å². The molecule has 2 aliphatic rings. The lowest BCUT2D eigenvalue weighted by molar-refractivity contribution is -0.119. The van der Waals surface area contributed by atoms with Gasteiger partial charge in [0.15, 0.2) is 0 Å². The van der Waals surface area contributed by atoms with E-state index in [9.17, 15) is 14.7 Å². The first-order valence-electron chi connectivity index (χ1n) is 11.6. The molecule has 2 aromatic heterocycles. The summed E-state index contributed by atoms with van der Waals surface area (Å²) >= 11 is 0. The number of aryl methyl sites for hydroxylation is 1. The zero-order chi connectivity index (χ0) is 23.4. The first kappa shape index (κ1) is 23.4. The molecule has 0 bridgehead atoms. The number of amides is 2. The monoisotopic (exact) mass is 456 g/mol. The normalized spacial score (nSPS) is 23.5. The molecule has 0 unspecified atom stereocenters. The molecule has 33 heavy (non-hydrogen) atoms. The molecule has 3 N–H and O–H groups in total. The van der Waals surface area contributed by atoms with Gasteiger partial charge in [0.1, 0.15) is 23.5 Å². The molecule has 178 valence electrons. The van der Waals surface area contributed by atoms with Gasteiger partial charge in [-0.05, 0) is 43.7 Å². The van der Waals surface area contributed by atoms with E-state index in [0.29, 0.717) is 54.6 Å². The average Bonchev–Trinajstić information content (AvgIpc) is 3.25. The van der Waals surface area contributed by atoms with Crippen molar-refractivity contribution in [2.75, 3.05) is 18.5 Å². The molecule has 2 aromatic rings. The van der Waals surface area contributed by atoms with Gasteiger partial charge in [-0.2, -0.15) is 0 Å². The van der Waals surface area contributed by atoms with Gasteiger partial charge in [0, 0.05) is 26.1 Å². The van der Waals surface area contributed by atoms with Gasteiger partial charge in [-0.1, -0.05) is 24.9 Å². The number of hydrogen-bond donors (Lipinski definition) is 3. The molecule has 0 radical (unpaired) electrons. The maximum Gasteiger partial charge on any atom is 0.257 e. The van der Waals surface area contributed by atoms with Crippen LogP contribution in [0.25, 0.3) is 0 Å². The third-order valence-corrected chi connectivity index (χ3v) is 6.92. The van der Waals surface area contributed by atoms with Crippen molar-refractivity contribution in [1.82, 2.24) is 15.5 Å². The Hall–Kier alpha value is -2.78. The predicted octanol–water partition coefficient (Wildman–Crippen LogP) is 2.94. The second-order valence-corrected chi connectivity index (χ2v) is 9.35. The number of carbonyl (C=O) groups excluding carboxylic acids is 2. The second kappa shape index (κ2) is 10.0. The smallest absolute Gasteiger partial charge is 0.257 e. The van der Waals surface area contributed by atoms with Crippen molar-refractivity contribution in [3.05, 3.63) is 41.5 Å². The minimum atomic E-state index is -1.01. The summed E-state index contributed by atoms with van der Waals surface area (Å²) in [5, 5.41) is 20.4. The first-order valence-corrected chi connectivity index (χ1v) is 11.6. The molecular weight excluding hydrogens is 424 g/mol. The summed E-state index contributed by atoms with van der Waals surface area (Å²) in [4.78, 5) is 30.5.